The molecular weight excluding hydrogens is 463 g/mol. The van der Waals surface area contributed by atoms with Crippen LogP contribution in [0.5, 0.6) is 0 Å². The van der Waals surface area contributed by atoms with E-state index in [1.807, 2.05) is 18.4 Å². The molecule has 2 aliphatic rings. The van der Waals surface area contributed by atoms with Crippen LogP contribution in [0.2, 0.25) is 0 Å². The van der Waals surface area contributed by atoms with E-state index in [0.29, 0.717) is 25.4 Å². The van der Waals surface area contributed by atoms with Gasteiger partial charge in [0.05, 0.1) is 24.3 Å². The van der Waals surface area contributed by atoms with Crippen molar-refractivity contribution in [2.75, 3.05) is 51.4 Å². The summed E-state index contributed by atoms with van der Waals surface area (Å²) in [6.07, 6.45) is 4.85. The van der Waals surface area contributed by atoms with Gasteiger partial charge in [-0.2, -0.15) is 0 Å². The molecule has 0 saturated carbocycles. The maximum Gasteiger partial charge on any atom is 0.191 e. The van der Waals surface area contributed by atoms with Crippen molar-refractivity contribution in [2.45, 2.75) is 37.8 Å². The molecule has 6 nitrogen and oxygen atoms in total. The van der Waals surface area contributed by atoms with Crippen LogP contribution in [0.3, 0.4) is 0 Å². The molecule has 2 N–H and O–H groups in total. The Bertz CT molecular complexity index is 515. The van der Waals surface area contributed by atoms with Crippen LogP contribution in [-0.2, 0) is 9.47 Å². The van der Waals surface area contributed by atoms with Gasteiger partial charge in [0.1, 0.15) is 0 Å². The Kier molecular flexibility index (Phi) is 10.0. The zero-order chi connectivity index (χ0) is 17.3. The van der Waals surface area contributed by atoms with E-state index in [4.69, 9.17) is 9.47 Å². The Balaban J connectivity index is 0.00000243. The first-order valence-electron chi connectivity index (χ1n) is 9.30. The van der Waals surface area contributed by atoms with Crippen molar-refractivity contribution < 1.29 is 9.47 Å². The van der Waals surface area contributed by atoms with Crippen LogP contribution in [-0.4, -0.2) is 64.6 Å². The second kappa shape index (κ2) is 12.0. The van der Waals surface area contributed by atoms with Crippen LogP contribution >= 0.6 is 35.3 Å². The van der Waals surface area contributed by atoms with Gasteiger partial charge in [0.15, 0.2) is 5.96 Å². The molecule has 0 spiro atoms. The zero-order valence-corrected chi connectivity index (χ0v) is 18.6. The molecule has 2 aliphatic heterocycles. The number of aliphatic imine (C=N–C) groups is 1. The number of halogens is 1. The molecular formula is C18H31IN4O2S. The molecule has 2 fully saturated rings. The molecule has 1 atom stereocenters. The van der Waals surface area contributed by atoms with Gasteiger partial charge < -0.3 is 25.0 Å². The highest BCUT2D eigenvalue weighted by molar-refractivity contribution is 14.0. The molecule has 26 heavy (non-hydrogen) atoms. The second-order valence-electron chi connectivity index (χ2n) is 6.57. The Hall–Kier alpha value is -0.580. The molecule has 0 aromatic carbocycles. The SMILES string of the molecule is CN=C(NCCOCC1CCCO1)NC1CCN(c2cccs2)CC1.I. The average molecular weight is 494 g/mol. The number of piperidine rings is 1. The number of guanidine groups is 1. The normalized spacial score (nSPS) is 21.5. The summed E-state index contributed by atoms with van der Waals surface area (Å²) in [6.45, 7) is 5.22. The largest absolute Gasteiger partial charge is 0.377 e. The van der Waals surface area contributed by atoms with E-state index < -0.39 is 0 Å². The third-order valence-electron chi connectivity index (χ3n) is 4.74. The van der Waals surface area contributed by atoms with Crippen LogP contribution in [0.25, 0.3) is 0 Å². The molecule has 0 bridgehead atoms. The summed E-state index contributed by atoms with van der Waals surface area (Å²) >= 11 is 1.82. The van der Waals surface area contributed by atoms with Gasteiger partial charge in [-0.3, -0.25) is 4.99 Å². The first-order valence-corrected chi connectivity index (χ1v) is 10.2. The number of nitrogens with one attached hydrogen (secondary N) is 2. The van der Waals surface area contributed by atoms with Gasteiger partial charge >= 0.3 is 0 Å². The van der Waals surface area contributed by atoms with Crippen LogP contribution < -0.4 is 15.5 Å². The summed E-state index contributed by atoms with van der Waals surface area (Å²) < 4.78 is 11.2. The van der Waals surface area contributed by atoms with Crippen molar-refractivity contribution in [1.82, 2.24) is 10.6 Å². The predicted octanol–water partition coefficient (Wildman–Crippen LogP) is 2.70. The lowest BCUT2D eigenvalue weighted by Gasteiger charge is -2.33. The summed E-state index contributed by atoms with van der Waals surface area (Å²) in [5.74, 6) is 0.871. The number of hydrogen-bond donors (Lipinski definition) is 2. The molecule has 8 heteroatoms. The summed E-state index contributed by atoms with van der Waals surface area (Å²) in [5, 5.41) is 10.4. The zero-order valence-electron chi connectivity index (χ0n) is 15.5. The van der Waals surface area contributed by atoms with Gasteiger partial charge in [0.25, 0.3) is 0 Å². The maximum atomic E-state index is 5.68. The molecule has 3 heterocycles. The van der Waals surface area contributed by atoms with Crippen LogP contribution in [0, 0.1) is 0 Å². The third kappa shape index (κ3) is 6.86. The van der Waals surface area contributed by atoms with Crippen molar-refractivity contribution in [2.24, 2.45) is 4.99 Å². The lowest BCUT2D eigenvalue weighted by Crippen LogP contribution is -2.49. The minimum atomic E-state index is 0. The highest BCUT2D eigenvalue weighted by Gasteiger charge is 2.20. The fourth-order valence-electron chi connectivity index (χ4n) is 3.31. The molecule has 1 unspecified atom stereocenters. The number of anilines is 1. The van der Waals surface area contributed by atoms with Crippen molar-refractivity contribution in [3.05, 3.63) is 17.5 Å². The van der Waals surface area contributed by atoms with E-state index in [9.17, 15) is 0 Å². The van der Waals surface area contributed by atoms with Crippen LogP contribution in [0.4, 0.5) is 5.00 Å². The van der Waals surface area contributed by atoms with E-state index >= 15 is 0 Å². The van der Waals surface area contributed by atoms with E-state index in [2.05, 4.69) is 38.0 Å². The number of hydrogen-bond acceptors (Lipinski definition) is 5. The minimum absolute atomic E-state index is 0. The van der Waals surface area contributed by atoms with Gasteiger partial charge in [-0.25, -0.2) is 0 Å². The molecule has 148 valence electrons. The molecule has 1 aromatic rings. The maximum absolute atomic E-state index is 5.68. The quantitative estimate of drug-likeness (QED) is 0.264. The lowest BCUT2D eigenvalue weighted by atomic mass is 10.1. The summed E-state index contributed by atoms with van der Waals surface area (Å²) in [4.78, 5) is 6.80. The molecule has 0 aliphatic carbocycles. The first kappa shape index (κ1) is 21.7. The number of ether oxygens (including phenoxy) is 2. The highest BCUT2D eigenvalue weighted by atomic mass is 127. The fraction of sp³-hybridized carbons (Fsp3) is 0.722. The average Bonchev–Trinajstić information content (AvgIpc) is 3.35. The van der Waals surface area contributed by atoms with Gasteiger partial charge in [-0.15, -0.1) is 35.3 Å². The third-order valence-corrected chi connectivity index (χ3v) is 5.67. The molecule has 2 saturated heterocycles. The van der Waals surface area contributed by atoms with Gasteiger partial charge in [0, 0.05) is 39.3 Å². The Morgan fingerprint density at radius 1 is 1.38 bits per heavy atom. The summed E-state index contributed by atoms with van der Waals surface area (Å²) in [6, 6.07) is 4.81. The molecule has 0 amide bonds. The predicted molar refractivity (Wildman–Crippen MR) is 119 cm³/mol. The Labute approximate surface area is 177 Å². The van der Waals surface area contributed by atoms with E-state index in [1.165, 1.54) is 5.00 Å². The van der Waals surface area contributed by atoms with Crippen LogP contribution in [0.1, 0.15) is 25.7 Å². The molecule has 0 radical (unpaired) electrons. The number of thiophene rings is 1. The second-order valence-corrected chi connectivity index (χ2v) is 7.49. The van der Waals surface area contributed by atoms with Crippen molar-refractivity contribution in [1.29, 1.82) is 0 Å². The van der Waals surface area contributed by atoms with Crippen molar-refractivity contribution in [3.63, 3.8) is 0 Å². The summed E-state index contributed by atoms with van der Waals surface area (Å²) in [5.41, 5.74) is 0. The summed E-state index contributed by atoms with van der Waals surface area (Å²) in [7, 11) is 1.82. The smallest absolute Gasteiger partial charge is 0.191 e. The lowest BCUT2D eigenvalue weighted by molar-refractivity contribution is 0.0191. The fourth-order valence-corrected chi connectivity index (χ4v) is 4.10. The minimum Gasteiger partial charge on any atom is -0.377 e. The number of nitrogens with zero attached hydrogens (tertiary/aromatic N) is 2. The highest BCUT2D eigenvalue weighted by Crippen LogP contribution is 2.24. The van der Waals surface area contributed by atoms with E-state index in [0.717, 1.165) is 57.9 Å². The Morgan fingerprint density at radius 3 is 2.88 bits per heavy atom. The van der Waals surface area contributed by atoms with Gasteiger partial charge in [0.2, 0.25) is 0 Å². The monoisotopic (exact) mass is 494 g/mol. The first-order chi connectivity index (χ1) is 12.3. The van der Waals surface area contributed by atoms with Crippen LogP contribution in [0.15, 0.2) is 22.5 Å². The molecule has 3 rings (SSSR count). The van der Waals surface area contributed by atoms with Crippen molar-refractivity contribution >= 4 is 46.3 Å². The molecule has 1 aromatic heterocycles. The van der Waals surface area contributed by atoms with Crippen molar-refractivity contribution in [3.8, 4) is 0 Å². The van der Waals surface area contributed by atoms with E-state index in [1.54, 1.807) is 0 Å². The Morgan fingerprint density at radius 2 is 2.23 bits per heavy atom. The van der Waals surface area contributed by atoms with Gasteiger partial charge in [-0.1, -0.05) is 0 Å². The topological polar surface area (TPSA) is 58.1 Å². The number of rotatable bonds is 7. The standard InChI is InChI=1S/C18H30N4O2S.HI/c1-19-18(20-8-12-23-14-16-4-2-11-24-16)21-15-6-9-22(10-7-15)17-5-3-13-25-17;/h3,5,13,15-16H,2,4,6-12,14H2,1H3,(H2,19,20,21);1H. The van der Waals surface area contributed by atoms with Gasteiger partial charge in [-0.05, 0) is 43.2 Å². The van der Waals surface area contributed by atoms with E-state index in [-0.39, 0.29) is 24.0 Å².